The summed E-state index contributed by atoms with van der Waals surface area (Å²) in [6.45, 7) is 10.6. The number of hydrogen-bond acceptors (Lipinski definition) is 4. The summed E-state index contributed by atoms with van der Waals surface area (Å²) in [6, 6.07) is 3.42. The van der Waals surface area contributed by atoms with E-state index in [0.717, 1.165) is 18.5 Å². The van der Waals surface area contributed by atoms with Crippen molar-refractivity contribution >= 4 is 10.0 Å². The van der Waals surface area contributed by atoms with Crippen LogP contribution in [-0.2, 0) is 16.6 Å². The Morgan fingerprint density at radius 2 is 2.00 bits per heavy atom. The lowest BCUT2D eigenvalue weighted by molar-refractivity contribution is 0.379. The molecular formula is C15H27N3O2S. The van der Waals surface area contributed by atoms with Gasteiger partial charge in [0.2, 0.25) is 0 Å². The van der Waals surface area contributed by atoms with E-state index in [0.29, 0.717) is 19.6 Å². The van der Waals surface area contributed by atoms with Gasteiger partial charge in [0.05, 0.1) is 0 Å². The third-order valence-electron chi connectivity index (χ3n) is 3.08. The van der Waals surface area contributed by atoms with E-state index >= 15 is 0 Å². The van der Waals surface area contributed by atoms with E-state index in [1.807, 2.05) is 26.8 Å². The predicted molar refractivity (Wildman–Crippen MR) is 85.5 cm³/mol. The molecule has 1 heterocycles. The van der Waals surface area contributed by atoms with Crippen LogP contribution < -0.4 is 5.32 Å². The smallest absolute Gasteiger partial charge is 0.260 e. The van der Waals surface area contributed by atoms with Gasteiger partial charge in [0, 0.05) is 25.8 Å². The van der Waals surface area contributed by atoms with Crippen molar-refractivity contribution in [3.63, 3.8) is 0 Å². The molecule has 0 saturated heterocycles. The Bertz CT molecular complexity index is 512. The molecule has 0 aliphatic carbocycles. The summed E-state index contributed by atoms with van der Waals surface area (Å²) in [7, 11) is -3.49. The molecule has 0 radical (unpaired) electrons. The summed E-state index contributed by atoms with van der Waals surface area (Å²) < 4.78 is 26.5. The van der Waals surface area contributed by atoms with E-state index < -0.39 is 10.0 Å². The van der Waals surface area contributed by atoms with Crippen LogP contribution in [0.2, 0.25) is 0 Å². The van der Waals surface area contributed by atoms with Crippen LogP contribution in [0.5, 0.6) is 0 Å². The summed E-state index contributed by atoms with van der Waals surface area (Å²) in [5.41, 5.74) is 0.995. The normalized spacial score (nSPS) is 12.3. The van der Waals surface area contributed by atoms with Crippen LogP contribution in [0, 0.1) is 5.92 Å². The van der Waals surface area contributed by atoms with Crippen LogP contribution in [0.3, 0.4) is 0 Å². The van der Waals surface area contributed by atoms with Crippen LogP contribution in [0.4, 0.5) is 0 Å². The zero-order valence-corrected chi connectivity index (χ0v) is 14.3. The van der Waals surface area contributed by atoms with Gasteiger partial charge in [-0.25, -0.2) is 13.4 Å². The highest BCUT2D eigenvalue weighted by atomic mass is 32.2. The van der Waals surface area contributed by atoms with Gasteiger partial charge in [0.1, 0.15) is 0 Å². The Morgan fingerprint density at radius 3 is 2.48 bits per heavy atom. The summed E-state index contributed by atoms with van der Waals surface area (Å²) in [4.78, 5) is 4.14. The molecule has 5 nitrogen and oxygen atoms in total. The summed E-state index contributed by atoms with van der Waals surface area (Å²) in [6.07, 6.45) is 2.71. The van der Waals surface area contributed by atoms with Crippen molar-refractivity contribution in [1.82, 2.24) is 14.6 Å². The van der Waals surface area contributed by atoms with Gasteiger partial charge in [0.25, 0.3) is 10.0 Å². The van der Waals surface area contributed by atoms with E-state index in [4.69, 9.17) is 0 Å². The molecule has 0 aromatic carbocycles. The first kappa shape index (κ1) is 18.1. The Kier molecular flexibility index (Phi) is 7.28. The first-order valence-corrected chi connectivity index (χ1v) is 9.01. The minimum absolute atomic E-state index is 0.129. The Balaban J connectivity index is 2.83. The van der Waals surface area contributed by atoms with Crippen LogP contribution >= 0.6 is 0 Å². The second kappa shape index (κ2) is 8.46. The molecule has 0 aliphatic rings. The van der Waals surface area contributed by atoms with E-state index in [9.17, 15) is 8.42 Å². The second-order valence-corrected chi connectivity index (χ2v) is 7.42. The lowest BCUT2D eigenvalue weighted by Crippen LogP contribution is -2.34. The van der Waals surface area contributed by atoms with Gasteiger partial charge in [-0.05, 0) is 30.5 Å². The average Bonchev–Trinajstić information content (AvgIpc) is 2.45. The molecule has 6 heteroatoms. The minimum atomic E-state index is -3.49. The molecule has 1 aromatic rings. The van der Waals surface area contributed by atoms with Crippen molar-refractivity contribution in [2.45, 2.75) is 45.7 Å². The van der Waals surface area contributed by atoms with Gasteiger partial charge in [-0.3, -0.25) is 0 Å². The minimum Gasteiger partial charge on any atom is -0.313 e. The van der Waals surface area contributed by atoms with E-state index in [2.05, 4.69) is 17.2 Å². The topological polar surface area (TPSA) is 62.3 Å². The van der Waals surface area contributed by atoms with Crippen LogP contribution in [0.25, 0.3) is 0 Å². The van der Waals surface area contributed by atoms with Gasteiger partial charge in [0.15, 0.2) is 5.03 Å². The number of hydrogen-bond donors (Lipinski definition) is 1. The monoisotopic (exact) mass is 313 g/mol. The van der Waals surface area contributed by atoms with Crippen molar-refractivity contribution in [3.05, 3.63) is 23.9 Å². The maximum Gasteiger partial charge on any atom is 0.260 e. The maximum atomic E-state index is 12.5. The SMILES string of the molecule is CCCNCc1ccc(S(=O)(=O)N(CC)CC(C)C)nc1. The van der Waals surface area contributed by atoms with Crippen molar-refractivity contribution < 1.29 is 8.42 Å². The van der Waals surface area contributed by atoms with Gasteiger partial charge < -0.3 is 5.32 Å². The molecule has 0 unspecified atom stereocenters. The lowest BCUT2D eigenvalue weighted by atomic mass is 10.2. The molecule has 120 valence electrons. The average molecular weight is 313 g/mol. The molecule has 1 N–H and O–H groups in total. The number of nitrogens with one attached hydrogen (secondary N) is 1. The fraction of sp³-hybridized carbons (Fsp3) is 0.667. The fourth-order valence-electron chi connectivity index (χ4n) is 2.01. The summed E-state index contributed by atoms with van der Waals surface area (Å²) in [5, 5.41) is 3.40. The highest BCUT2D eigenvalue weighted by Crippen LogP contribution is 2.15. The molecule has 0 fully saturated rings. The Hall–Kier alpha value is -0.980. The Labute approximate surface area is 128 Å². The second-order valence-electron chi connectivity index (χ2n) is 5.53. The van der Waals surface area contributed by atoms with Crippen molar-refractivity contribution in [1.29, 1.82) is 0 Å². The molecule has 0 saturated carbocycles. The third-order valence-corrected chi connectivity index (χ3v) is 4.94. The van der Waals surface area contributed by atoms with E-state index in [-0.39, 0.29) is 10.9 Å². The standard InChI is InChI=1S/C15H27N3O2S/c1-5-9-16-10-14-7-8-15(17-11-14)21(19,20)18(6-2)12-13(3)4/h7-8,11,13,16H,5-6,9-10,12H2,1-4H3. The predicted octanol–water partition coefficient (Wildman–Crippen LogP) is 2.25. The number of pyridine rings is 1. The molecule has 0 bridgehead atoms. The molecule has 1 aromatic heterocycles. The number of sulfonamides is 1. The van der Waals surface area contributed by atoms with E-state index in [1.54, 1.807) is 12.3 Å². The number of nitrogens with zero attached hydrogens (tertiary/aromatic N) is 2. The maximum absolute atomic E-state index is 12.5. The molecule has 0 spiro atoms. The third kappa shape index (κ3) is 5.37. The first-order valence-electron chi connectivity index (χ1n) is 7.57. The van der Waals surface area contributed by atoms with Gasteiger partial charge in [-0.15, -0.1) is 0 Å². The van der Waals surface area contributed by atoms with E-state index in [1.165, 1.54) is 4.31 Å². The van der Waals surface area contributed by atoms with Crippen LogP contribution in [0.1, 0.15) is 39.7 Å². The van der Waals surface area contributed by atoms with Crippen LogP contribution in [0.15, 0.2) is 23.4 Å². The first-order chi connectivity index (χ1) is 9.91. The van der Waals surface area contributed by atoms with Crippen LogP contribution in [-0.4, -0.2) is 37.3 Å². The zero-order chi connectivity index (χ0) is 15.9. The van der Waals surface area contributed by atoms with Gasteiger partial charge >= 0.3 is 0 Å². The van der Waals surface area contributed by atoms with Gasteiger partial charge in [-0.2, -0.15) is 4.31 Å². The molecule has 0 amide bonds. The largest absolute Gasteiger partial charge is 0.313 e. The molecular weight excluding hydrogens is 286 g/mol. The highest BCUT2D eigenvalue weighted by Gasteiger charge is 2.24. The fourth-order valence-corrected chi connectivity index (χ4v) is 3.54. The highest BCUT2D eigenvalue weighted by molar-refractivity contribution is 7.89. The molecule has 1 rings (SSSR count). The molecule has 0 atom stereocenters. The lowest BCUT2D eigenvalue weighted by Gasteiger charge is -2.21. The zero-order valence-electron chi connectivity index (χ0n) is 13.5. The number of rotatable bonds is 9. The van der Waals surface area contributed by atoms with Gasteiger partial charge in [-0.1, -0.05) is 33.8 Å². The Morgan fingerprint density at radius 1 is 1.29 bits per heavy atom. The quantitative estimate of drug-likeness (QED) is 0.710. The summed E-state index contributed by atoms with van der Waals surface area (Å²) >= 11 is 0. The number of aromatic nitrogens is 1. The summed E-state index contributed by atoms with van der Waals surface area (Å²) in [5.74, 6) is 0.289. The molecule has 21 heavy (non-hydrogen) atoms. The van der Waals surface area contributed by atoms with Crippen molar-refractivity contribution in [3.8, 4) is 0 Å². The molecule has 0 aliphatic heterocycles. The van der Waals surface area contributed by atoms with Crippen molar-refractivity contribution in [2.75, 3.05) is 19.6 Å². The van der Waals surface area contributed by atoms with Crippen molar-refractivity contribution in [2.24, 2.45) is 5.92 Å².